The quantitative estimate of drug-likeness (QED) is 0.800. The highest BCUT2D eigenvalue weighted by molar-refractivity contribution is 9.10. The summed E-state index contributed by atoms with van der Waals surface area (Å²) >= 11 is 3.47. The van der Waals surface area contributed by atoms with Crippen LogP contribution in [0.1, 0.15) is 5.56 Å². The van der Waals surface area contributed by atoms with Gasteiger partial charge in [0.25, 0.3) is 0 Å². The number of amides is 2. The summed E-state index contributed by atoms with van der Waals surface area (Å²) in [5.74, 6) is 0.973. The van der Waals surface area contributed by atoms with Crippen molar-refractivity contribution < 1.29 is 9.53 Å². The number of ether oxygens (including phenoxy) is 1. The Bertz CT molecular complexity index is 479. The lowest BCUT2D eigenvalue weighted by molar-refractivity contribution is 0.216. The molecule has 1 atom stereocenters. The number of carbonyl (C=O) groups is 1. The van der Waals surface area contributed by atoms with Crippen LogP contribution in [0, 0.1) is 0 Å². The smallest absolute Gasteiger partial charge is 0.316 e. The van der Waals surface area contributed by atoms with Crippen LogP contribution in [-0.2, 0) is 6.42 Å². The van der Waals surface area contributed by atoms with Crippen molar-refractivity contribution >= 4 is 22.0 Å². The average Bonchev–Trinajstić information content (AvgIpc) is 2.79. The number of nitrogens with one attached hydrogen (secondary N) is 2. The fourth-order valence-electron chi connectivity index (χ4n) is 2.08. The number of carbonyl (C=O) groups excluding carboxylic acids is 1. The Balaban J connectivity index is 1.64. The first-order valence-corrected chi connectivity index (χ1v) is 7.46. The van der Waals surface area contributed by atoms with E-state index in [2.05, 4.69) is 32.6 Å². The number of rotatable bonds is 5. The van der Waals surface area contributed by atoms with E-state index in [4.69, 9.17) is 4.74 Å². The zero-order valence-corrected chi connectivity index (χ0v) is 13.4. The molecule has 1 aromatic rings. The molecular weight excluding hydrogens is 322 g/mol. The van der Waals surface area contributed by atoms with Crippen LogP contribution in [0.2, 0.25) is 0 Å². The third-order valence-corrected chi connectivity index (χ3v) is 3.61. The van der Waals surface area contributed by atoms with Crippen LogP contribution in [0.5, 0.6) is 5.75 Å². The lowest BCUT2D eigenvalue weighted by Gasteiger charge is -2.14. The van der Waals surface area contributed by atoms with Gasteiger partial charge in [0.1, 0.15) is 11.9 Å². The zero-order valence-electron chi connectivity index (χ0n) is 11.8. The second-order valence-electron chi connectivity index (χ2n) is 5.03. The third kappa shape index (κ3) is 4.11. The SMILES string of the molecule is CN(C)C(=O)NCCNCC1Cc2cc(Br)ccc2O1. The van der Waals surface area contributed by atoms with Crippen molar-refractivity contribution in [3.05, 3.63) is 28.2 Å². The number of hydrogen-bond donors (Lipinski definition) is 2. The summed E-state index contributed by atoms with van der Waals surface area (Å²) in [7, 11) is 3.45. The van der Waals surface area contributed by atoms with Crippen LogP contribution >= 0.6 is 15.9 Å². The Labute approximate surface area is 127 Å². The zero-order chi connectivity index (χ0) is 14.5. The number of nitrogens with zero attached hydrogens (tertiary/aromatic N) is 1. The second kappa shape index (κ2) is 6.95. The lowest BCUT2D eigenvalue weighted by Crippen LogP contribution is -2.40. The van der Waals surface area contributed by atoms with Gasteiger partial charge in [-0.05, 0) is 23.8 Å². The molecule has 0 saturated carbocycles. The fraction of sp³-hybridized carbons (Fsp3) is 0.500. The first-order chi connectivity index (χ1) is 9.56. The van der Waals surface area contributed by atoms with E-state index in [1.54, 1.807) is 14.1 Å². The van der Waals surface area contributed by atoms with Gasteiger partial charge in [0.2, 0.25) is 0 Å². The van der Waals surface area contributed by atoms with Gasteiger partial charge >= 0.3 is 6.03 Å². The molecule has 0 aliphatic carbocycles. The van der Waals surface area contributed by atoms with Gasteiger partial charge in [0.05, 0.1) is 0 Å². The van der Waals surface area contributed by atoms with Crippen LogP contribution in [0.15, 0.2) is 22.7 Å². The topological polar surface area (TPSA) is 53.6 Å². The molecule has 0 saturated heterocycles. The van der Waals surface area contributed by atoms with Crippen molar-refractivity contribution in [1.29, 1.82) is 0 Å². The van der Waals surface area contributed by atoms with Crippen molar-refractivity contribution in [2.24, 2.45) is 0 Å². The number of halogens is 1. The van der Waals surface area contributed by atoms with Crippen LogP contribution in [0.25, 0.3) is 0 Å². The Hall–Kier alpha value is -1.27. The molecule has 1 aromatic carbocycles. The maximum absolute atomic E-state index is 11.3. The molecule has 0 radical (unpaired) electrons. The Morgan fingerprint density at radius 2 is 2.25 bits per heavy atom. The average molecular weight is 342 g/mol. The van der Waals surface area contributed by atoms with Gasteiger partial charge in [-0.2, -0.15) is 0 Å². The van der Waals surface area contributed by atoms with Gasteiger partial charge in [0.15, 0.2) is 0 Å². The summed E-state index contributed by atoms with van der Waals surface area (Å²) in [4.78, 5) is 12.8. The number of fused-ring (bicyclic) bond motifs is 1. The Kier molecular flexibility index (Phi) is 5.25. The van der Waals surface area contributed by atoms with Crippen molar-refractivity contribution in [1.82, 2.24) is 15.5 Å². The van der Waals surface area contributed by atoms with E-state index in [-0.39, 0.29) is 12.1 Å². The van der Waals surface area contributed by atoms with E-state index >= 15 is 0 Å². The number of urea groups is 1. The Morgan fingerprint density at radius 1 is 1.45 bits per heavy atom. The van der Waals surface area contributed by atoms with Crippen LogP contribution < -0.4 is 15.4 Å². The first kappa shape index (κ1) is 15.1. The fourth-order valence-corrected chi connectivity index (χ4v) is 2.49. The molecule has 2 amide bonds. The van der Waals surface area contributed by atoms with E-state index < -0.39 is 0 Å². The maximum Gasteiger partial charge on any atom is 0.316 e. The normalized spacial score (nSPS) is 16.4. The van der Waals surface area contributed by atoms with Crippen molar-refractivity contribution in [3.63, 3.8) is 0 Å². The van der Waals surface area contributed by atoms with Gasteiger partial charge in [-0.15, -0.1) is 0 Å². The van der Waals surface area contributed by atoms with Crippen molar-refractivity contribution in [2.45, 2.75) is 12.5 Å². The number of benzene rings is 1. The highest BCUT2D eigenvalue weighted by Crippen LogP contribution is 2.30. The highest BCUT2D eigenvalue weighted by Gasteiger charge is 2.22. The molecule has 1 aliphatic rings. The molecule has 1 aliphatic heterocycles. The Morgan fingerprint density at radius 3 is 3.00 bits per heavy atom. The van der Waals surface area contributed by atoms with E-state index in [0.717, 1.165) is 29.7 Å². The second-order valence-corrected chi connectivity index (χ2v) is 5.94. The summed E-state index contributed by atoms with van der Waals surface area (Å²) in [5, 5.41) is 6.11. The van der Waals surface area contributed by atoms with Crippen LogP contribution in [0.4, 0.5) is 4.79 Å². The molecule has 110 valence electrons. The number of hydrogen-bond acceptors (Lipinski definition) is 3. The van der Waals surface area contributed by atoms with E-state index in [1.165, 1.54) is 10.5 Å². The summed E-state index contributed by atoms with van der Waals surface area (Å²) in [6.45, 7) is 2.13. The van der Waals surface area contributed by atoms with Crippen LogP contribution in [-0.4, -0.2) is 50.8 Å². The minimum atomic E-state index is -0.0684. The molecule has 0 spiro atoms. The summed E-state index contributed by atoms with van der Waals surface area (Å²) in [5.41, 5.74) is 1.24. The predicted octanol–water partition coefficient (Wildman–Crippen LogP) is 1.61. The molecule has 2 N–H and O–H groups in total. The minimum Gasteiger partial charge on any atom is -0.488 e. The lowest BCUT2D eigenvalue weighted by atomic mass is 10.1. The van der Waals surface area contributed by atoms with Gasteiger partial charge in [0, 0.05) is 44.6 Å². The molecule has 1 unspecified atom stereocenters. The van der Waals surface area contributed by atoms with E-state index in [0.29, 0.717) is 6.54 Å². The molecule has 2 rings (SSSR count). The maximum atomic E-state index is 11.3. The van der Waals surface area contributed by atoms with Gasteiger partial charge in [-0.3, -0.25) is 0 Å². The molecule has 0 bridgehead atoms. The monoisotopic (exact) mass is 341 g/mol. The summed E-state index contributed by atoms with van der Waals surface area (Å²) in [6.07, 6.45) is 1.09. The third-order valence-electron chi connectivity index (χ3n) is 3.12. The standard InChI is InChI=1S/C14H20BrN3O2/c1-18(2)14(19)17-6-5-16-9-12-8-10-7-11(15)3-4-13(10)20-12/h3-4,7,12,16H,5-6,8-9H2,1-2H3,(H,17,19). The molecular formula is C14H20BrN3O2. The molecule has 0 aromatic heterocycles. The van der Waals surface area contributed by atoms with Gasteiger partial charge < -0.3 is 20.3 Å². The molecule has 20 heavy (non-hydrogen) atoms. The van der Waals surface area contributed by atoms with Crippen molar-refractivity contribution in [2.75, 3.05) is 33.7 Å². The minimum absolute atomic E-state index is 0.0684. The largest absolute Gasteiger partial charge is 0.488 e. The highest BCUT2D eigenvalue weighted by atomic mass is 79.9. The molecule has 0 fully saturated rings. The van der Waals surface area contributed by atoms with Crippen LogP contribution in [0.3, 0.4) is 0 Å². The molecule has 1 heterocycles. The molecule has 5 nitrogen and oxygen atoms in total. The van der Waals surface area contributed by atoms with E-state index in [1.807, 2.05) is 12.1 Å². The van der Waals surface area contributed by atoms with Gasteiger partial charge in [-0.1, -0.05) is 15.9 Å². The summed E-state index contributed by atoms with van der Waals surface area (Å²) in [6, 6.07) is 6.02. The predicted molar refractivity (Wildman–Crippen MR) is 82.2 cm³/mol. The van der Waals surface area contributed by atoms with Gasteiger partial charge in [-0.25, -0.2) is 4.79 Å². The molecule has 6 heteroatoms. The van der Waals surface area contributed by atoms with E-state index in [9.17, 15) is 4.79 Å². The first-order valence-electron chi connectivity index (χ1n) is 6.67. The summed E-state index contributed by atoms with van der Waals surface area (Å²) < 4.78 is 6.93. The van der Waals surface area contributed by atoms with Crippen molar-refractivity contribution in [3.8, 4) is 5.75 Å².